The van der Waals surface area contributed by atoms with Crippen molar-refractivity contribution in [1.29, 1.82) is 0 Å². The standard InChI is InChI=1S/C28H33FN2O/c29-23-9-6-8-20(17-23)22-11-12-24(30-19-22)13-14-26-25-10-3-2-7-21(25)18-27(26)28(32)31-15-4-1-5-16-31/h6,8-9,11-14,17,19,21,25-27H,1-5,7,10,15-16,18H2/t21-,25-,26+,27+/m1/s1. The summed E-state index contributed by atoms with van der Waals surface area (Å²) in [6, 6.07) is 10.6. The van der Waals surface area contributed by atoms with Crippen LogP contribution in [-0.2, 0) is 4.79 Å². The highest BCUT2D eigenvalue weighted by Gasteiger charge is 2.46. The van der Waals surface area contributed by atoms with Crippen molar-refractivity contribution in [2.75, 3.05) is 13.1 Å². The Hall–Kier alpha value is -2.49. The molecule has 1 aromatic heterocycles. The number of pyridine rings is 1. The van der Waals surface area contributed by atoms with Gasteiger partial charge >= 0.3 is 0 Å². The van der Waals surface area contributed by atoms with Crippen LogP contribution >= 0.6 is 0 Å². The average molecular weight is 433 g/mol. The van der Waals surface area contributed by atoms with Gasteiger partial charge in [-0.2, -0.15) is 0 Å². The van der Waals surface area contributed by atoms with Crippen molar-refractivity contribution in [1.82, 2.24) is 9.88 Å². The number of piperidine rings is 1. The van der Waals surface area contributed by atoms with Gasteiger partial charge in [0.2, 0.25) is 5.91 Å². The molecular formula is C28H33FN2O. The van der Waals surface area contributed by atoms with E-state index in [-0.39, 0.29) is 11.7 Å². The van der Waals surface area contributed by atoms with E-state index in [1.54, 1.807) is 6.07 Å². The minimum Gasteiger partial charge on any atom is -0.342 e. The van der Waals surface area contributed by atoms with E-state index in [1.807, 2.05) is 24.4 Å². The van der Waals surface area contributed by atoms with Gasteiger partial charge in [0.1, 0.15) is 5.82 Å². The van der Waals surface area contributed by atoms with Gasteiger partial charge in [0, 0.05) is 30.8 Å². The predicted molar refractivity (Wildman–Crippen MR) is 126 cm³/mol. The molecule has 3 nitrogen and oxygen atoms in total. The van der Waals surface area contributed by atoms with E-state index in [2.05, 4.69) is 22.0 Å². The molecule has 168 valence electrons. The van der Waals surface area contributed by atoms with Crippen LogP contribution in [0.25, 0.3) is 17.2 Å². The second-order valence-electron chi connectivity index (χ2n) is 9.86. The Balaban J connectivity index is 1.34. The van der Waals surface area contributed by atoms with Crippen LogP contribution in [0.2, 0.25) is 0 Å². The molecule has 2 aromatic rings. The van der Waals surface area contributed by atoms with Crippen LogP contribution in [0.3, 0.4) is 0 Å². The summed E-state index contributed by atoms with van der Waals surface area (Å²) in [6.07, 6.45) is 15.9. The van der Waals surface area contributed by atoms with Crippen LogP contribution in [0.15, 0.2) is 48.7 Å². The lowest BCUT2D eigenvalue weighted by atomic mass is 9.77. The molecule has 0 radical (unpaired) electrons. The van der Waals surface area contributed by atoms with Gasteiger partial charge in [-0.15, -0.1) is 0 Å². The summed E-state index contributed by atoms with van der Waals surface area (Å²) < 4.78 is 13.5. The van der Waals surface area contributed by atoms with Gasteiger partial charge < -0.3 is 4.90 Å². The fraction of sp³-hybridized carbons (Fsp3) is 0.500. The fourth-order valence-corrected chi connectivity index (χ4v) is 6.26. The number of aromatic nitrogens is 1. The van der Waals surface area contributed by atoms with E-state index in [4.69, 9.17) is 0 Å². The quantitative estimate of drug-likeness (QED) is 0.563. The normalized spacial score (nSPS) is 28.1. The number of carbonyl (C=O) groups is 1. The highest BCUT2D eigenvalue weighted by molar-refractivity contribution is 5.80. The number of carbonyl (C=O) groups excluding carboxylic acids is 1. The van der Waals surface area contributed by atoms with Gasteiger partial charge in [0.15, 0.2) is 0 Å². The first-order valence-electron chi connectivity index (χ1n) is 12.4. The molecule has 1 saturated heterocycles. The lowest BCUT2D eigenvalue weighted by Crippen LogP contribution is -2.41. The molecule has 4 heteroatoms. The summed E-state index contributed by atoms with van der Waals surface area (Å²) in [4.78, 5) is 20.2. The maximum atomic E-state index is 13.5. The smallest absolute Gasteiger partial charge is 0.226 e. The molecule has 2 saturated carbocycles. The van der Waals surface area contributed by atoms with Gasteiger partial charge in [-0.3, -0.25) is 9.78 Å². The minimum atomic E-state index is -0.237. The lowest BCUT2D eigenvalue weighted by Gasteiger charge is -2.32. The van der Waals surface area contributed by atoms with Crippen molar-refractivity contribution in [2.45, 2.75) is 51.4 Å². The third-order valence-electron chi connectivity index (χ3n) is 7.90. The Morgan fingerprint density at radius 1 is 1.00 bits per heavy atom. The number of benzene rings is 1. The molecule has 2 heterocycles. The van der Waals surface area contributed by atoms with E-state index in [0.717, 1.165) is 49.2 Å². The molecular weight excluding hydrogens is 399 g/mol. The predicted octanol–water partition coefficient (Wildman–Crippen LogP) is 6.36. The molecule has 5 rings (SSSR count). The topological polar surface area (TPSA) is 33.2 Å². The molecule has 3 fully saturated rings. The number of fused-ring (bicyclic) bond motifs is 1. The maximum absolute atomic E-state index is 13.5. The first kappa shape index (κ1) is 21.4. The largest absolute Gasteiger partial charge is 0.342 e. The highest BCUT2D eigenvalue weighted by Crippen LogP contribution is 2.50. The molecule has 3 aliphatic rings. The van der Waals surface area contributed by atoms with Crippen molar-refractivity contribution in [3.8, 4) is 11.1 Å². The van der Waals surface area contributed by atoms with Crippen LogP contribution in [0.1, 0.15) is 57.1 Å². The molecule has 0 N–H and O–H groups in total. The zero-order valence-corrected chi connectivity index (χ0v) is 18.8. The number of likely N-dealkylation sites (tertiary alicyclic amines) is 1. The molecule has 0 bridgehead atoms. The summed E-state index contributed by atoms with van der Waals surface area (Å²) in [6.45, 7) is 1.87. The molecule has 0 spiro atoms. The van der Waals surface area contributed by atoms with Gasteiger partial charge in [0.25, 0.3) is 0 Å². The summed E-state index contributed by atoms with van der Waals surface area (Å²) in [7, 11) is 0. The maximum Gasteiger partial charge on any atom is 0.226 e. The number of amides is 1. The highest BCUT2D eigenvalue weighted by atomic mass is 19.1. The molecule has 1 aromatic carbocycles. The van der Waals surface area contributed by atoms with Crippen molar-refractivity contribution < 1.29 is 9.18 Å². The van der Waals surface area contributed by atoms with Crippen LogP contribution in [0, 0.1) is 29.5 Å². The van der Waals surface area contributed by atoms with Gasteiger partial charge in [-0.1, -0.05) is 43.5 Å². The summed E-state index contributed by atoms with van der Waals surface area (Å²) >= 11 is 0. The Kier molecular flexibility index (Phi) is 6.38. The molecule has 32 heavy (non-hydrogen) atoms. The summed E-state index contributed by atoms with van der Waals surface area (Å²) in [5.41, 5.74) is 2.64. The molecule has 1 amide bonds. The van der Waals surface area contributed by atoms with E-state index >= 15 is 0 Å². The SMILES string of the molecule is O=C([C@H]1C[C@H]2CCCC[C@H]2[C@@H]1C=Cc1ccc(-c2cccc(F)c2)cn1)N1CCCCC1. The third-order valence-corrected chi connectivity index (χ3v) is 7.90. The van der Waals surface area contributed by atoms with Gasteiger partial charge in [-0.25, -0.2) is 4.39 Å². The van der Waals surface area contributed by atoms with Crippen LogP contribution in [-0.4, -0.2) is 28.9 Å². The van der Waals surface area contributed by atoms with Gasteiger partial charge in [-0.05, 0) is 79.7 Å². The third kappa shape index (κ3) is 4.51. The Labute approximate surface area is 190 Å². The van der Waals surface area contributed by atoms with Crippen molar-refractivity contribution in [3.63, 3.8) is 0 Å². The van der Waals surface area contributed by atoms with E-state index in [0.29, 0.717) is 23.7 Å². The first-order valence-corrected chi connectivity index (χ1v) is 12.4. The Bertz CT molecular complexity index is 964. The summed E-state index contributed by atoms with van der Waals surface area (Å²) in [5, 5.41) is 0. The Morgan fingerprint density at radius 2 is 1.84 bits per heavy atom. The number of hydrogen-bond acceptors (Lipinski definition) is 2. The first-order chi connectivity index (χ1) is 15.7. The number of halogens is 1. The van der Waals surface area contributed by atoms with E-state index < -0.39 is 0 Å². The average Bonchev–Trinajstić information content (AvgIpc) is 3.22. The molecule has 1 aliphatic heterocycles. The number of rotatable bonds is 4. The van der Waals surface area contributed by atoms with E-state index in [1.165, 1.54) is 44.2 Å². The zero-order valence-electron chi connectivity index (χ0n) is 18.8. The Morgan fingerprint density at radius 3 is 2.62 bits per heavy atom. The van der Waals surface area contributed by atoms with Crippen LogP contribution in [0.4, 0.5) is 4.39 Å². The zero-order chi connectivity index (χ0) is 21.9. The lowest BCUT2D eigenvalue weighted by molar-refractivity contribution is -0.137. The number of nitrogens with zero attached hydrogens (tertiary/aromatic N) is 2. The van der Waals surface area contributed by atoms with E-state index in [9.17, 15) is 9.18 Å². The second kappa shape index (κ2) is 9.56. The monoisotopic (exact) mass is 432 g/mol. The number of allylic oxidation sites excluding steroid dienone is 1. The van der Waals surface area contributed by atoms with Crippen LogP contribution < -0.4 is 0 Å². The van der Waals surface area contributed by atoms with Crippen molar-refractivity contribution in [3.05, 3.63) is 60.2 Å². The summed E-state index contributed by atoms with van der Waals surface area (Å²) in [5.74, 6) is 1.93. The van der Waals surface area contributed by atoms with Gasteiger partial charge in [0.05, 0.1) is 5.69 Å². The fourth-order valence-electron chi connectivity index (χ4n) is 6.26. The van der Waals surface area contributed by atoms with Crippen molar-refractivity contribution in [2.24, 2.45) is 23.7 Å². The molecule has 0 unspecified atom stereocenters. The van der Waals surface area contributed by atoms with Crippen molar-refractivity contribution >= 4 is 12.0 Å². The molecule has 2 aliphatic carbocycles. The van der Waals surface area contributed by atoms with Crippen LogP contribution in [0.5, 0.6) is 0 Å². The number of hydrogen-bond donors (Lipinski definition) is 0. The second-order valence-corrected chi connectivity index (χ2v) is 9.86. The molecule has 4 atom stereocenters. The minimum absolute atomic E-state index is 0.129.